The van der Waals surface area contributed by atoms with Gasteiger partial charge < -0.3 is 9.47 Å². The van der Waals surface area contributed by atoms with Gasteiger partial charge in [-0.1, -0.05) is 13.3 Å². The molecule has 1 saturated carbocycles. The normalized spacial score (nSPS) is 22.4. The Labute approximate surface area is 155 Å². The van der Waals surface area contributed by atoms with Crippen molar-refractivity contribution in [3.63, 3.8) is 0 Å². The second-order valence-electron chi connectivity index (χ2n) is 7.14. The van der Waals surface area contributed by atoms with Crippen LogP contribution in [0.25, 0.3) is 0 Å². The molecule has 0 aromatic heterocycles. The zero-order chi connectivity index (χ0) is 17.9. The van der Waals surface area contributed by atoms with E-state index in [1.165, 1.54) is 32.2 Å². The minimum absolute atomic E-state index is 0.214. The Morgan fingerprint density at radius 1 is 1.32 bits per heavy atom. The molecule has 1 saturated heterocycles. The largest absolute Gasteiger partial charge is 0.489 e. The Bertz CT molecular complexity index is 615. The van der Waals surface area contributed by atoms with Crippen LogP contribution in [-0.2, 0) is 10.6 Å². The molecule has 0 bridgehead atoms. The standard InChI is InChI=1S/C20H28ClNO3/c1-3-22-11-10-20(8-5-9-20)18(14-22)25-16-6-7-17(15(12-16)13-21)19(23)24-4-2/h6-7,12,18H,3-5,8-11,13-14H2,1-2H3/t18-/m0/s1. The van der Waals surface area contributed by atoms with Crippen molar-refractivity contribution in [1.82, 2.24) is 4.90 Å². The van der Waals surface area contributed by atoms with Crippen molar-refractivity contribution in [2.75, 3.05) is 26.2 Å². The van der Waals surface area contributed by atoms with Crippen LogP contribution in [0.2, 0.25) is 0 Å². The monoisotopic (exact) mass is 365 g/mol. The summed E-state index contributed by atoms with van der Waals surface area (Å²) in [6.07, 6.45) is 5.26. The molecule has 1 atom stereocenters. The number of nitrogens with zero attached hydrogens (tertiary/aromatic N) is 1. The first-order valence-corrected chi connectivity index (χ1v) is 9.90. The van der Waals surface area contributed by atoms with Crippen LogP contribution < -0.4 is 4.74 Å². The number of likely N-dealkylation sites (N-methyl/N-ethyl adjacent to an activating group) is 1. The van der Waals surface area contributed by atoms with E-state index in [9.17, 15) is 4.79 Å². The topological polar surface area (TPSA) is 38.8 Å². The van der Waals surface area contributed by atoms with E-state index in [1.807, 2.05) is 12.1 Å². The fourth-order valence-corrected chi connectivity index (χ4v) is 4.26. The van der Waals surface area contributed by atoms with Crippen LogP contribution in [0.15, 0.2) is 18.2 Å². The number of carbonyl (C=O) groups excluding carboxylic acids is 1. The van der Waals surface area contributed by atoms with Gasteiger partial charge in [0, 0.05) is 17.8 Å². The van der Waals surface area contributed by atoms with Gasteiger partial charge in [-0.15, -0.1) is 11.6 Å². The van der Waals surface area contributed by atoms with Gasteiger partial charge in [-0.25, -0.2) is 4.79 Å². The molecule has 0 amide bonds. The number of rotatable bonds is 6. The van der Waals surface area contributed by atoms with Crippen LogP contribution in [-0.4, -0.2) is 43.2 Å². The maximum absolute atomic E-state index is 12.0. The highest BCUT2D eigenvalue weighted by atomic mass is 35.5. The van der Waals surface area contributed by atoms with Gasteiger partial charge in [0.05, 0.1) is 12.2 Å². The number of esters is 1. The summed E-state index contributed by atoms with van der Waals surface area (Å²) in [4.78, 5) is 14.5. The van der Waals surface area contributed by atoms with Crippen LogP contribution in [0.3, 0.4) is 0 Å². The quantitative estimate of drug-likeness (QED) is 0.558. The third-order valence-electron chi connectivity index (χ3n) is 5.82. The lowest BCUT2D eigenvalue weighted by Gasteiger charge is -2.52. The Hall–Kier alpha value is -1.26. The molecular weight excluding hydrogens is 338 g/mol. The van der Waals surface area contributed by atoms with Crippen molar-refractivity contribution >= 4 is 17.6 Å². The number of ether oxygens (including phenoxy) is 2. The number of piperidine rings is 1. The molecule has 4 nitrogen and oxygen atoms in total. The summed E-state index contributed by atoms with van der Waals surface area (Å²) in [5.41, 5.74) is 1.64. The zero-order valence-electron chi connectivity index (χ0n) is 15.2. The number of halogens is 1. The molecule has 1 aromatic rings. The number of hydrogen-bond donors (Lipinski definition) is 0. The predicted octanol–water partition coefficient (Wildman–Crippen LogP) is 4.25. The molecular formula is C20H28ClNO3. The first-order chi connectivity index (χ1) is 12.1. The van der Waals surface area contributed by atoms with E-state index in [0.717, 1.165) is 24.4 Å². The third-order valence-corrected chi connectivity index (χ3v) is 6.11. The van der Waals surface area contributed by atoms with Crippen molar-refractivity contribution < 1.29 is 14.3 Å². The summed E-state index contributed by atoms with van der Waals surface area (Å²) in [5.74, 6) is 0.746. The van der Waals surface area contributed by atoms with E-state index in [1.54, 1.807) is 13.0 Å². The maximum atomic E-state index is 12.0. The van der Waals surface area contributed by atoms with E-state index in [0.29, 0.717) is 17.6 Å². The molecule has 0 unspecified atom stereocenters. The van der Waals surface area contributed by atoms with E-state index in [2.05, 4.69) is 11.8 Å². The molecule has 25 heavy (non-hydrogen) atoms. The van der Waals surface area contributed by atoms with Gasteiger partial charge in [0.25, 0.3) is 0 Å². The van der Waals surface area contributed by atoms with Crippen molar-refractivity contribution in [3.05, 3.63) is 29.3 Å². The SMILES string of the molecule is CCOC(=O)c1ccc(O[C@H]2CN(CC)CCC23CCC3)cc1CCl. The van der Waals surface area contributed by atoms with Gasteiger partial charge in [-0.2, -0.15) is 0 Å². The van der Waals surface area contributed by atoms with Gasteiger partial charge in [0.2, 0.25) is 0 Å². The van der Waals surface area contributed by atoms with Crippen LogP contribution in [0, 0.1) is 5.41 Å². The van der Waals surface area contributed by atoms with E-state index < -0.39 is 0 Å². The zero-order valence-corrected chi connectivity index (χ0v) is 16.0. The third kappa shape index (κ3) is 3.80. The molecule has 1 heterocycles. The lowest BCUT2D eigenvalue weighted by Crippen LogP contribution is -2.56. The number of alkyl halides is 1. The van der Waals surface area contributed by atoms with Crippen LogP contribution >= 0.6 is 11.6 Å². The van der Waals surface area contributed by atoms with Crippen LogP contribution in [0.4, 0.5) is 0 Å². The molecule has 0 N–H and O–H groups in total. The second-order valence-corrected chi connectivity index (χ2v) is 7.41. The molecule has 2 fully saturated rings. The highest BCUT2D eigenvalue weighted by molar-refractivity contribution is 6.17. The Kier molecular flexibility index (Phi) is 5.90. The molecule has 5 heteroatoms. The minimum Gasteiger partial charge on any atom is -0.489 e. The van der Waals surface area contributed by atoms with E-state index >= 15 is 0 Å². The lowest BCUT2D eigenvalue weighted by atomic mass is 9.61. The fourth-order valence-electron chi connectivity index (χ4n) is 4.04. The molecule has 3 rings (SSSR count). The van der Waals surface area contributed by atoms with Crippen LogP contribution in [0.5, 0.6) is 5.75 Å². The molecule has 138 valence electrons. The summed E-state index contributed by atoms with van der Waals surface area (Å²) in [5, 5.41) is 0. The number of hydrogen-bond acceptors (Lipinski definition) is 4. The molecule has 0 radical (unpaired) electrons. The van der Waals surface area contributed by atoms with Crippen molar-refractivity contribution in [2.45, 2.75) is 51.5 Å². The van der Waals surface area contributed by atoms with Gasteiger partial charge in [0.1, 0.15) is 11.9 Å². The summed E-state index contributed by atoms with van der Waals surface area (Å²) in [7, 11) is 0. The average Bonchev–Trinajstić information content (AvgIpc) is 2.60. The van der Waals surface area contributed by atoms with Crippen molar-refractivity contribution in [2.24, 2.45) is 5.41 Å². The first kappa shape index (κ1) is 18.5. The summed E-state index contributed by atoms with van der Waals surface area (Å²) in [6, 6.07) is 5.55. The Morgan fingerprint density at radius 2 is 2.12 bits per heavy atom. The number of benzene rings is 1. The van der Waals surface area contributed by atoms with E-state index in [-0.39, 0.29) is 18.0 Å². The van der Waals surface area contributed by atoms with Gasteiger partial charge in [-0.3, -0.25) is 4.90 Å². The minimum atomic E-state index is -0.324. The van der Waals surface area contributed by atoms with Gasteiger partial charge >= 0.3 is 5.97 Å². The highest BCUT2D eigenvalue weighted by Gasteiger charge is 2.48. The number of carbonyl (C=O) groups is 1. The van der Waals surface area contributed by atoms with Crippen molar-refractivity contribution in [3.8, 4) is 5.75 Å². The maximum Gasteiger partial charge on any atom is 0.338 e. The summed E-state index contributed by atoms with van der Waals surface area (Å²) in [6.45, 7) is 7.57. The van der Waals surface area contributed by atoms with Gasteiger partial charge in [-0.05, 0) is 63.0 Å². The first-order valence-electron chi connectivity index (χ1n) is 9.37. The molecule has 1 aliphatic carbocycles. The second kappa shape index (κ2) is 7.96. The Balaban J connectivity index is 1.78. The molecule has 1 aromatic carbocycles. The Morgan fingerprint density at radius 3 is 2.72 bits per heavy atom. The fraction of sp³-hybridized carbons (Fsp3) is 0.650. The van der Waals surface area contributed by atoms with Gasteiger partial charge in [0.15, 0.2) is 0 Å². The highest BCUT2D eigenvalue weighted by Crippen LogP contribution is 2.50. The molecule has 1 aliphatic heterocycles. The smallest absolute Gasteiger partial charge is 0.338 e. The molecule has 2 aliphatic rings. The van der Waals surface area contributed by atoms with Crippen LogP contribution in [0.1, 0.15) is 55.5 Å². The summed E-state index contributed by atoms with van der Waals surface area (Å²) >= 11 is 6.06. The predicted molar refractivity (Wildman–Crippen MR) is 99.4 cm³/mol. The van der Waals surface area contributed by atoms with E-state index in [4.69, 9.17) is 21.1 Å². The summed E-state index contributed by atoms with van der Waals surface area (Å²) < 4.78 is 11.5. The average molecular weight is 366 g/mol. The number of likely N-dealkylation sites (tertiary alicyclic amines) is 1. The van der Waals surface area contributed by atoms with Crippen molar-refractivity contribution in [1.29, 1.82) is 0 Å². The lowest BCUT2D eigenvalue weighted by molar-refractivity contribution is -0.0753. The molecule has 1 spiro atoms.